The third kappa shape index (κ3) is 3.22. The summed E-state index contributed by atoms with van der Waals surface area (Å²) in [5, 5.41) is 10.6. The van der Waals surface area contributed by atoms with Gasteiger partial charge in [0.15, 0.2) is 0 Å². The smallest absolute Gasteiger partial charge is 0.137 e. The van der Waals surface area contributed by atoms with Gasteiger partial charge in [-0.05, 0) is 31.9 Å². The van der Waals surface area contributed by atoms with Crippen LogP contribution in [-0.4, -0.2) is 16.5 Å². The van der Waals surface area contributed by atoms with Crippen LogP contribution < -0.4 is 0 Å². The van der Waals surface area contributed by atoms with Crippen molar-refractivity contribution in [1.29, 1.82) is 0 Å². The van der Waals surface area contributed by atoms with Crippen LogP contribution >= 0.6 is 0 Å². The number of hydrogen-bond donors (Lipinski definition) is 1. The Morgan fingerprint density at radius 2 is 1.86 bits per heavy atom. The fourth-order valence-corrected chi connectivity index (χ4v) is 2.86. The van der Waals surface area contributed by atoms with Gasteiger partial charge in [-0.15, -0.1) is 0 Å². The minimum absolute atomic E-state index is 0.0586. The van der Waals surface area contributed by atoms with Crippen molar-refractivity contribution >= 4 is 11.4 Å². The molecule has 21 heavy (non-hydrogen) atoms. The third-order valence-corrected chi connectivity index (χ3v) is 4.10. The molecule has 2 nitrogen and oxygen atoms in total. The number of allylic oxidation sites excluding steroid dienone is 3. The number of Topliss-reactive ketones (excluding diaryl/α,β-unsaturated/α-hetero) is 1. The number of hydrogen-bond acceptors (Lipinski definition) is 2. The number of ketones is 1. The van der Waals surface area contributed by atoms with Crippen LogP contribution in [0, 0.1) is 5.92 Å². The van der Waals surface area contributed by atoms with Gasteiger partial charge < -0.3 is 5.11 Å². The average molecular weight is 282 g/mol. The molecule has 1 aliphatic rings. The van der Waals surface area contributed by atoms with Crippen molar-refractivity contribution in [3.63, 3.8) is 0 Å². The Labute approximate surface area is 126 Å². The molecule has 3 atom stereocenters. The molecule has 1 aromatic carbocycles. The molecule has 0 aromatic heterocycles. The summed E-state index contributed by atoms with van der Waals surface area (Å²) >= 11 is 0. The Morgan fingerprint density at radius 1 is 1.24 bits per heavy atom. The molecular weight excluding hydrogens is 260 g/mol. The summed E-state index contributed by atoms with van der Waals surface area (Å²) in [5.74, 6) is -0.542. The fourth-order valence-electron chi connectivity index (χ4n) is 2.86. The highest BCUT2D eigenvalue weighted by molar-refractivity contribution is 5.84. The zero-order valence-electron chi connectivity index (χ0n) is 12.8. The normalized spacial score (nSPS) is 25.6. The Hall–Kier alpha value is -1.93. The van der Waals surface area contributed by atoms with Gasteiger partial charge in [-0.25, -0.2) is 0 Å². The molecule has 0 bridgehead atoms. The van der Waals surface area contributed by atoms with Gasteiger partial charge in [0.05, 0.1) is 11.5 Å². The second-order valence-electron chi connectivity index (χ2n) is 5.99. The van der Waals surface area contributed by atoms with Crippen molar-refractivity contribution in [1.82, 2.24) is 0 Å². The lowest BCUT2D eigenvalue weighted by molar-refractivity contribution is -0.120. The van der Waals surface area contributed by atoms with Gasteiger partial charge in [-0.3, -0.25) is 4.79 Å². The van der Waals surface area contributed by atoms with Crippen LogP contribution in [-0.2, 0) is 4.79 Å². The first-order valence-electron chi connectivity index (χ1n) is 7.17. The molecule has 2 heteroatoms. The van der Waals surface area contributed by atoms with E-state index >= 15 is 0 Å². The first kappa shape index (κ1) is 15.5. The van der Waals surface area contributed by atoms with Gasteiger partial charge in [-0.1, -0.05) is 60.7 Å². The van der Waals surface area contributed by atoms with Crippen LogP contribution in [0.4, 0.5) is 0 Å². The molecule has 0 heterocycles. The van der Waals surface area contributed by atoms with Crippen molar-refractivity contribution < 1.29 is 9.90 Å². The van der Waals surface area contributed by atoms with Crippen molar-refractivity contribution in [3.8, 4) is 0 Å². The Bertz CT molecular complexity index is 603. The lowest BCUT2D eigenvalue weighted by Crippen LogP contribution is -2.38. The summed E-state index contributed by atoms with van der Waals surface area (Å²) < 4.78 is 0. The molecule has 1 aliphatic carbocycles. The minimum Gasteiger partial charge on any atom is -0.385 e. The number of rotatable bonds is 4. The Morgan fingerprint density at radius 3 is 2.33 bits per heavy atom. The van der Waals surface area contributed by atoms with Crippen LogP contribution in [0.2, 0.25) is 0 Å². The molecule has 110 valence electrons. The molecule has 0 amide bonds. The van der Waals surface area contributed by atoms with Crippen LogP contribution in [0.25, 0.3) is 5.57 Å². The summed E-state index contributed by atoms with van der Waals surface area (Å²) in [6.07, 6.45) is 7.37. The van der Waals surface area contributed by atoms with Crippen LogP contribution in [0.5, 0.6) is 0 Å². The number of benzene rings is 1. The molecule has 0 fully saturated rings. The van der Waals surface area contributed by atoms with E-state index in [2.05, 4.69) is 6.58 Å². The molecule has 0 aliphatic heterocycles. The maximum absolute atomic E-state index is 12.2. The molecule has 0 saturated carbocycles. The van der Waals surface area contributed by atoms with E-state index in [4.69, 9.17) is 0 Å². The zero-order valence-corrected chi connectivity index (χ0v) is 12.8. The molecule has 3 unspecified atom stereocenters. The van der Waals surface area contributed by atoms with Crippen molar-refractivity contribution in [2.45, 2.75) is 32.3 Å². The predicted octanol–water partition coefficient (Wildman–Crippen LogP) is 3.89. The summed E-state index contributed by atoms with van der Waals surface area (Å²) in [5.41, 5.74) is 1.97. The minimum atomic E-state index is -1.02. The van der Waals surface area contributed by atoms with E-state index in [1.54, 1.807) is 19.9 Å². The summed E-state index contributed by atoms with van der Waals surface area (Å²) in [4.78, 5) is 12.2. The largest absolute Gasteiger partial charge is 0.385 e. The lowest BCUT2D eigenvalue weighted by Gasteiger charge is -2.35. The molecular formula is C19H22O2. The van der Waals surface area contributed by atoms with E-state index < -0.39 is 5.60 Å². The third-order valence-electron chi connectivity index (χ3n) is 4.10. The Balaban J connectivity index is 2.40. The second-order valence-corrected chi connectivity index (χ2v) is 5.99. The lowest BCUT2D eigenvalue weighted by atomic mass is 9.72. The van der Waals surface area contributed by atoms with Crippen molar-refractivity contribution in [2.24, 2.45) is 5.92 Å². The summed E-state index contributed by atoms with van der Waals surface area (Å²) in [6.45, 7) is 9.20. The quantitative estimate of drug-likeness (QED) is 0.909. The molecule has 0 saturated heterocycles. The monoisotopic (exact) mass is 282 g/mol. The molecule has 2 rings (SSSR count). The van der Waals surface area contributed by atoms with Crippen LogP contribution in [0.3, 0.4) is 0 Å². The van der Waals surface area contributed by atoms with Crippen molar-refractivity contribution in [2.75, 3.05) is 0 Å². The second kappa shape index (κ2) is 5.82. The number of aliphatic hydroxyl groups is 1. The zero-order chi connectivity index (χ0) is 15.6. The average Bonchev–Trinajstić information content (AvgIpc) is 2.41. The fraction of sp³-hybridized carbons (Fsp3) is 0.316. The maximum atomic E-state index is 12.2. The topological polar surface area (TPSA) is 37.3 Å². The molecule has 0 radical (unpaired) electrons. The first-order chi connectivity index (χ1) is 9.83. The van der Waals surface area contributed by atoms with Gasteiger partial charge in [0.1, 0.15) is 5.78 Å². The highest BCUT2D eigenvalue weighted by atomic mass is 16.3. The predicted molar refractivity (Wildman–Crippen MR) is 87.0 cm³/mol. The van der Waals surface area contributed by atoms with Gasteiger partial charge in [0.2, 0.25) is 0 Å². The van der Waals surface area contributed by atoms with Gasteiger partial charge in [0, 0.05) is 5.92 Å². The summed E-state index contributed by atoms with van der Waals surface area (Å²) in [6, 6.07) is 7.87. The number of carbonyl (C=O) groups excluding carboxylic acids is 1. The van der Waals surface area contributed by atoms with E-state index in [0.717, 1.165) is 16.7 Å². The van der Waals surface area contributed by atoms with Crippen LogP contribution in [0.15, 0.2) is 55.1 Å². The van der Waals surface area contributed by atoms with E-state index in [1.807, 2.05) is 49.4 Å². The van der Waals surface area contributed by atoms with E-state index in [9.17, 15) is 9.90 Å². The van der Waals surface area contributed by atoms with Crippen LogP contribution in [0.1, 0.15) is 37.8 Å². The van der Waals surface area contributed by atoms with Gasteiger partial charge >= 0.3 is 0 Å². The van der Waals surface area contributed by atoms with E-state index in [1.165, 1.54) is 0 Å². The Kier molecular flexibility index (Phi) is 4.29. The molecule has 1 N–H and O–H groups in total. The molecule has 1 aromatic rings. The maximum Gasteiger partial charge on any atom is 0.137 e. The van der Waals surface area contributed by atoms with E-state index in [-0.39, 0.29) is 17.6 Å². The van der Waals surface area contributed by atoms with Gasteiger partial charge in [-0.2, -0.15) is 0 Å². The van der Waals surface area contributed by atoms with Gasteiger partial charge in [0.25, 0.3) is 0 Å². The SMILES string of the molecule is C=C(C)c1ccc(C(C(C)=O)C2C=CC=CC2(C)O)cc1. The highest BCUT2D eigenvalue weighted by Crippen LogP contribution is 2.37. The summed E-state index contributed by atoms with van der Waals surface area (Å²) in [7, 11) is 0. The standard InChI is InChI=1S/C19H22O2/c1-13(2)15-8-10-16(11-9-15)18(14(3)20)17-7-5-6-12-19(17,4)21/h5-12,17-18,21H,1H2,2-4H3. The first-order valence-corrected chi connectivity index (χ1v) is 7.17. The highest BCUT2D eigenvalue weighted by Gasteiger charge is 2.38. The number of carbonyl (C=O) groups is 1. The van der Waals surface area contributed by atoms with E-state index in [0.29, 0.717) is 0 Å². The van der Waals surface area contributed by atoms with Crippen molar-refractivity contribution in [3.05, 3.63) is 66.3 Å². The molecule has 0 spiro atoms.